The van der Waals surface area contributed by atoms with Crippen molar-refractivity contribution in [1.29, 1.82) is 0 Å². The summed E-state index contributed by atoms with van der Waals surface area (Å²) in [5, 5.41) is 0.717. The Balaban J connectivity index is 1.92. The van der Waals surface area contributed by atoms with Crippen molar-refractivity contribution in [2.24, 2.45) is 0 Å². The highest BCUT2D eigenvalue weighted by Crippen LogP contribution is 2.43. The second-order valence-corrected chi connectivity index (χ2v) is 6.47. The number of halogens is 1. The maximum absolute atomic E-state index is 13.0. The predicted molar refractivity (Wildman–Crippen MR) is 86.9 cm³/mol. The Morgan fingerprint density at radius 1 is 1.05 bits per heavy atom. The number of hydrogen-bond donors (Lipinski definition) is 0. The number of nitrogens with zero attached hydrogens (tertiary/aromatic N) is 2. The van der Waals surface area contributed by atoms with E-state index in [2.05, 4.69) is 18.0 Å². The summed E-state index contributed by atoms with van der Waals surface area (Å²) in [7, 11) is 2.09. The van der Waals surface area contributed by atoms with E-state index in [0.29, 0.717) is 0 Å². The zero-order chi connectivity index (χ0) is 15.3. The first-order valence-corrected chi connectivity index (χ1v) is 7.88. The Morgan fingerprint density at radius 2 is 1.77 bits per heavy atom. The lowest BCUT2D eigenvalue weighted by Gasteiger charge is -2.46. The Kier molecular flexibility index (Phi) is 3.03. The first-order chi connectivity index (χ1) is 10.6. The smallest absolute Gasteiger partial charge is 0.255 e. The summed E-state index contributed by atoms with van der Waals surface area (Å²) in [6.07, 6.45) is 0.813. The van der Waals surface area contributed by atoms with Gasteiger partial charge in [0.15, 0.2) is 0 Å². The van der Waals surface area contributed by atoms with Gasteiger partial charge in [0, 0.05) is 30.1 Å². The molecule has 1 saturated heterocycles. The van der Waals surface area contributed by atoms with Gasteiger partial charge in [-0.05, 0) is 36.4 Å². The number of amides is 1. The molecule has 4 heteroatoms. The molecule has 0 radical (unpaired) electrons. The van der Waals surface area contributed by atoms with Gasteiger partial charge >= 0.3 is 0 Å². The lowest BCUT2D eigenvalue weighted by molar-refractivity contribution is 0.0155. The van der Waals surface area contributed by atoms with Gasteiger partial charge in [-0.25, -0.2) is 0 Å². The van der Waals surface area contributed by atoms with Crippen molar-refractivity contribution >= 4 is 17.5 Å². The van der Waals surface area contributed by atoms with Crippen LogP contribution >= 0.6 is 11.6 Å². The molecule has 2 aliphatic rings. The van der Waals surface area contributed by atoms with Gasteiger partial charge in [-0.1, -0.05) is 41.9 Å². The molecule has 112 valence electrons. The van der Waals surface area contributed by atoms with Gasteiger partial charge in [0.25, 0.3) is 5.91 Å². The van der Waals surface area contributed by atoms with Gasteiger partial charge < -0.3 is 4.90 Å². The van der Waals surface area contributed by atoms with E-state index in [1.807, 2.05) is 47.4 Å². The van der Waals surface area contributed by atoms with Crippen LogP contribution in [0.25, 0.3) is 0 Å². The van der Waals surface area contributed by atoms with Gasteiger partial charge in [-0.2, -0.15) is 0 Å². The van der Waals surface area contributed by atoms with Crippen molar-refractivity contribution in [3.8, 4) is 0 Å². The van der Waals surface area contributed by atoms with Crippen LogP contribution in [-0.2, 0) is 12.1 Å². The SMILES string of the molecule is CN1CCN2C(=O)c3ccccc3CC12c1ccc(Cl)cc1. The quantitative estimate of drug-likeness (QED) is 0.807. The maximum atomic E-state index is 13.0. The third kappa shape index (κ3) is 1.76. The van der Waals surface area contributed by atoms with Crippen molar-refractivity contribution in [2.45, 2.75) is 12.1 Å². The average molecular weight is 313 g/mol. The number of rotatable bonds is 1. The first kappa shape index (κ1) is 13.8. The third-order valence-corrected chi connectivity index (χ3v) is 5.23. The fourth-order valence-corrected chi connectivity index (χ4v) is 3.94. The first-order valence-electron chi connectivity index (χ1n) is 7.50. The molecule has 4 rings (SSSR count). The van der Waals surface area contributed by atoms with E-state index in [4.69, 9.17) is 11.6 Å². The molecular weight excluding hydrogens is 296 g/mol. The minimum Gasteiger partial charge on any atom is -0.314 e. The summed E-state index contributed by atoms with van der Waals surface area (Å²) in [6, 6.07) is 15.8. The number of carbonyl (C=O) groups is 1. The van der Waals surface area contributed by atoms with Crippen molar-refractivity contribution in [1.82, 2.24) is 9.80 Å². The Hall–Kier alpha value is -1.84. The summed E-state index contributed by atoms with van der Waals surface area (Å²) in [6.45, 7) is 1.63. The van der Waals surface area contributed by atoms with E-state index < -0.39 is 5.66 Å². The zero-order valence-electron chi connectivity index (χ0n) is 12.4. The number of likely N-dealkylation sites (N-methyl/N-ethyl adjacent to an activating group) is 1. The largest absolute Gasteiger partial charge is 0.314 e. The molecule has 2 aliphatic heterocycles. The van der Waals surface area contributed by atoms with Crippen molar-refractivity contribution in [2.75, 3.05) is 20.1 Å². The highest BCUT2D eigenvalue weighted by atomic mass is 35.5. The molecule has 22 heavy (non-hydrogen) atoms. The second-order valence-electron chi connectivity index (χ2n) is 6.04. The minimum atomic E-state index is -0.393. The monoisotopic (exact) mass is 312 g/mol. The lowest BCUT2D eigenvalue weighted by atomic mass is 9.84. The van der Waals surface area contributed by atoms with Gasteiger partial charge in [0.05, 0.1) is 0 Å². The molecule has 0 aliphatic carbocycles. The van der Waals surface area contributed by atoms with Gasteiger partial charge in [-0.15, -0.1) is 0 Å². The van der Waals surface area contributed by atoms with Crippen molar-refractivity contribution in [3.05, 3.63) is 70.2 Å². The molecule has 0 bridgehead atoms. The average Bonchev–Trinajstić information content (AvgIpc) is 2.87. The standard InChI is InChI=1S/C18H17ClN2O/c1-20-10-11-21-17(22)16-5-3-2-4-13(16)12-18(20,21)14-6-8-15(19)9-7-14/h2-9H,10-12H2,1H3. The molecule has 2 heterocycles. The van der Waals surface area contributed by atoms with Crippen LogP contribution in [0.15, 0.2) is 48.5 Å². The van der Waals surface area contributed by atoms with Crippen molar-refractivity contribution < 1.29 is 4.79 Å². The van der Waals surface area contributed by atoms with Crippen LogP contribution in [-0.4, -0.2) is 35.8 Å². The third-order valence-electron chi connectivity index (χ3n) is 4.97. The molecule has 2 aromatic carbocycles. The fourth-order valence-electron chi connectivity index (χ4n) is 3.82. The van der Waals surface area contributed by atoms with E-state index in [-0.39, 0.29) is 5.91 Å². The van der Waals surface area contributed by atoms with Crippen LogP contribution in [0.4, 0.5) is 0 Å². The zero-order valence-corrected chi connectivity index (χ0v) is 13.2. The molecule has 2 aromatic rings. The Morgan fingerprint density at radius 3 is 2.55 bits per heavy atom. The normalized spacial score (nSPS) is 24.3. The fraction of sp³-hybridized carbons (Fsp3) is 0.278. The van der Waals surface area contributed by atoms with Crippen LogP contribution in [0, 0.1) is 0 Å². The van der Waals surface area contributed by atoms with Crippen LogP contribution in [0.3, 0.4) is 0 Å². The second kappa shape index (κ2) is 4.83. The van der Waals surface area contributed by atoms with Gasteiger partial charge in [-0.3, -0.25) is 9.69 Å². The molecule has 0 aromatic heterocycles. The van der Waals surface area contributed by atoms with Gasteiger partial charge in [0.1, 0.15) is 5.66 Å². The maximum Gasteiger partial charge on any atom is 0.255 e. The molecular formula is C18H17ClN2O. The highest BCUT2D eigenvalue weighted by Gasteiger charge is 2.52. The summed E-state index contributed by atoms with van der Waals surface area (Å²) >= 11 is 6.04. The number of carbonyl (C=O) groups excluding carboxylic acids is 1. The van der Waals surface area contributed by atoms with E-state index in [9.17, 15) is 4.79 Å². The Bertz CT molecular complexity index is 743. The van der Waals surface area contributed by atoms with Gasteiger partial charge in [0.2, 0.25) is 0 Å². The van der Waals surface area contributed by atoms with Crippen LogP contribution in [0.5, 0.6) is 0 Å². The molecule has 1 atom stereocenters. The lowest BCUT2D eigenvalue weighted by Crippen LogP contribution is -2.56. The summed E-state index contributed by atoms with van der Waals surface area (Å²) in [5.74, 6) is 0.126. The molecule has 1 unspecified atom stereocenters. The van der Waals surface area contributed by atoms with E-state index in [1.165, 1.54) is 0 Å². The molecule has 0 N–H and O–H groups in total. The van der Waals surface area contributed by atoms with Crippen LogP contribution in [0.2, 0.25) is 5.02 Å². The molecule has 0 saturated carbocycles. The number of hydrogen-bond acceptors (Lipinski definition) is 2. The number of fused-ring (bicyclic) bond motifs is 2. The number of benzene rings is 2. The molecule has 3 nitrogen and oxygen atoms in total. The highest BCUT2D eigenvalue weighted by molar-refractivity contribution is 6.30. The summed E-state index contributed by atoms with van der Waals surface area (Å²) in [4.78, 5) is 17.3. The Labute approximate surface area is 135 Å². The van der Waals surface area contributed by atoms with Crippen LogP contribution < -0.4 is 0 Å². The van der Waals surface area contributed by atoms with Crippen molar-refractivity contribution in [3.63, 3.8) is 0 Å². The molecule has 0 spiro atoms. The molecule has 1 fully saturated rings. The predicted octanol–water partition coefficient (Wildman–Crippen LogP) is 3.14. The van der Waals surface area contributed by atoms with E-state index in [1.54, 1.807) is 0 Å². The van der Waals surface area contributed by atoms with E-state index >= 15 is 0 Å². The minimum absolute atomic E-state index is 0.126. The van der Waals surface area contributed by atoms with Crippen LogP contribution in [0.1, 0.15) is 21.5 Å². The summed E-state index contributed by atoms with van der Waals surface area (Å²) in [5.41, 5.74) is 2.69. The topological polar surface area (TPSA) is 23.6 Å². The van der Waals surface area contributed by atoms with E-state index in [0.717, 1.165) is 41.2 Å². The molecule has 1 amide bonds. The summed E-state index contributed by atoms with van der Waals surface area (Å²) < 4.78 is 0.